The number of carbonyl (C=O) groups is 1. The van der Waals surface area contributed by atoms with Crippen LogP contribution in [-0.4, -0.2) is 43.9 Å². The Morgan fingerprint density at radius 2 is 1.85 bits per heavy atom. The van der Waals surface area contributed by atoms with E-state index in [0.717, 1.165) is 12.8 Å². The molecule has 5 nitrogen and oxygen atoms in total. The minimum Gasteiger partial charge on any atom is -0.483 e. The molecule has 20 heavy (non-hydrogen) atoms. The van der Waals surface area contributed by atoms with Crippen molar-refractivity contribution in [1.82, 2.24) is 0 Å². The Kier molecular flexibility index (Phi) is 4.78. The molecule has 1 aliphatic heterocycles. The first kappa shape index (κ1) is 15.0. The number of hydrogen-bond acceptors (Lipinski definition) is 5. The molecule has 0 N–H and O–H groups in total. The van der Waals surface area contributed by atoms with Crippen molar-refractivity contribution in [2.75, 3.05) is 14.2 Å². The van der Waals surface area contributed by atoms with Crippen molar-refractivity contribution in [1.29, 1.82) is 0 Å². The van der Waals surface area contributed by atoms with Crippen molar-refractivity contribution < 1.29 is 14.3 Å². The molecular formula is C15H24N2O3. The van der Waals surface area contributed by atoms with Crippen molar-refractivity contribution in [2.24, 2.45) is 21.8 Å². The van der Waals surface area contributed by atoms with E-state index in [-0.39, 0.29) is 18.0 Å². The Balaban J connectivity index is 2.25. The van der Waals surface area contributed by atoms with Crippen molar-refractivity contribution >= 4 is 17.6 Å². The molecule has 2 aliphatic rings. The first-order valence-corrected chi connectivity index (χ1v) is 7.31. The number of methoxy groups -OCH3 is 2. The van der Waals surface area contributed by atoms with Gasteiger partial charge in [0.1, 0.15) is 17.9 Å². The lowest BCUT2D eigenvalue weighted by Crippen LogP contribution is -2.42. The third-order valence-electron chi connectivity index (χ3n) is 4.06. The molecule has 5 heteroatoms. The molecule has 3 unspecified atom stereocenters. The molecule has 0 amide bonds. The van der Waals surface area contributed by atoms with Gasteiger partial charge in [0, 0.05) is 12.8 Å². The fraction of sp³-hybridized carbons (Fsp3) is 0.800. The standard InChI is InChI=1S/C15H24N2O3/c1-9(2)12-14(19-3)17-13(15(16-12)20-4)10-6-5-7-11(18)8-10/h9-10,12-13H,5-8H2,1-4H3. The molecule has 0 radical (unpaired) electrons. The van der Waals surface area contributed by atoms with E-state index in [1.807, 2.05) is 0 Å². The van der Waals surface area contributed by atoms with E-state index in [1.54, 1.807) is 14.2 Å². The Bertz CT molecular complexity index is 429. The van der Waals surface area contributed by atoms with Gasteiger partial charge in [0.15, 0.2) is 0 Å². The van der Waals surface area contributed by atoms with Gasteiger partial charge in [0.25, 0.3) is 0 Å². The van der Waals surface area contributed by atoms with Gasteiger partial charge in [-0.3, -0.25) is 4.79 Å². The van der Waals surface area contributed by atoms with Crippen LogP contribution in [0.2, 0.25) is 0 Å². The second-order valence-corrected chi connectivity index (χ2v) is 5.87. The SMILES string of the molecule is COC1=NC(C2CCCC(=O)C2)C(OC)=NC1C(C)C. The van der Waals surface area contributed by atoms with E-state index >= 15 is 0 Å². The van der Waals surface area contributed by atoms with E-state index in [0.29, 0.717) is 36.3 Å². The summed E-state index contributed by atoms with van der Waals surface area (Å²) in [6, 6.07) is -0.264. The van der Waals surface area contributed by atoms with E-state index in [9.17, 15) is 4.79 Å². The number of ketones is 1. The van der Waals surface area contributed by atoms with Gasteiger partial charge in [-0.1, -0.05) is 13.8 Å². The molecule has 3 atom stereocenters. The average Bonchev–Trinajstić information content (AvgIpc) is 2.45. The molecule has 0 spiro atoms. The molecular weight excluding hydrogens is 256 g/mol. The van der Waals surface area contributed by atoms with Crippen LogP contribution in [0.15, 0.2) is 9.98 Å². The van der Waals surface area contributed by atoms with Crippen molar-refractivity contribution in [3.05, 3.63) is 0 Å². The van der Waals surface area contributed by atoms with Crippen molar-refractivity contribution in [3.8, 4) is 0 Å². The Labute approximate surface area is 120 Å². The summed E-state index contributed by atoms with van der Waals surface area (Å²) in [5.74, 6) is 2.10. The third kappa shape index (κ3) is 3.02. The molecule has 1 heterocycles. The predicted molar refractivity (Wildman–Crippen MR) is 78.3 cm³/mol. The number of carbonyl (C=O) groups excluding carboxylic acids is 1. The first-order chi connectivity index (χ1) is 9.56. The minimum absolute atomic E-state index is 0.0921. The lowest BCUT2D eigenvalue weighted by molar-refractivity contribution is -0.121. The highest BCUT2D eigenvalue weighted by Gasteiger charge is 2.37. The highest BCUT2D eigenvalue weighted by atomic mass is 16.5. The van der Waals surface area contributed by atoms with E-state index in [2.05, 4.69) is 18.8 Å². The summed E-state index contributed by atoms with van der Waals surface area (Å²) in [5, 5.41) is 0. The molecule has 112 valence electrons. The lowest BCUT2D eigenvalue weighted by Gasteiger charge is -2.32. The minimum atomic E-state index is -0.172. The summed E-state index contributed by atoms with van der Waals surface area (Å²) < 4.78 is 10.8. The van der Waals surface area contributed by atoms with Crippen LogP contribution >= 0.6 is 0 Å². The normalized spacial score (nSPS) is 30.9. The number of aliphatic imine (C=N–C) groups is 2. The van der Waals surface area contributed by atoms with Crippen molar-refractivity contribution in [2.45, 2.75) is 51.6 Å². The summed E-state index contributed by atoms with van der Waals surface area (Å²) >= 11 is 0. The highest BCUT2D eigenvalue weighted by molar-refractivity contribution is 5.94. The van der Waals surface area contributed by atoms with Gasteiger partial charge in [0.05, 0.1) is 14.2 Å². The number of Topliss-reactive ketones (excluding diaryl/α,β-unsaturated/α-hetero) is 1. The fourth-order valence-electron chi connectivity index (χ4n) is 2.95. The van der Waals surface area contributed by atoms with Crippen LogP contribution in [0.4, 0.5) is 0 Å². The monoisotopic (exact) mass is 280 g/mol. The zero-order valence-electron chi connectivity index (χ0n) is 12.8. The molecule has 0 aromatic carbocycles. The second kappa shape index (κ2) is 6.37. The van der Waals surface area contributed by atoms with Gasteiger partial charge in [-0.05, 0) is 24.7 Å². The van der Waals surface area contributed by atoms with Crippen LogP contribution in [0.5, 0.6) is 0 Å². The zero-order valence-corrected chi connectivity index (χ0v) is 12.8. The quantitative estimate of drug-likeness (QED) is 0.779. The molecule has 2 rings (SSSR count). The van der Waals surface area contributed by atoms with Gasteiger partial charge < -0.3 is 9.47 Å². The molecule has 1 aliphatic carbocycles. The zero-order chi connectivity index (χ0) is 14.7. The molecule has 1 saturated carbocycles. The number of hydrogen-bond donors (Lipinski definition) is 0. The van der Waals surface area contributed by atoms with Gasteiger partial charge in [0.2, 0.25) is 11.8 Å². The van der Waals surface area contributed by atoms with Crippen LogP contribution in [0.25, 0.3) is 0 Å². The summed E-state index contributed by atoms with van der Waals surface area (Å²) in [4.78, 5) is 21.0. The maximum atomic E-state index is 11.7. The largest absolute Gasteiger partial charge is 0.483 e. The maximum Gasteiger partial charge on any atom is 0.209 e. The Morgan fingerprint density at radius 1 is 1.15 bits per heavy atom. The predicted octanol–water partition coefficient (Wildman–Crippen LogP) is 2.24. The fourth-order valence-corrected chi connectivity index (χ4v) is 2.95. The molecule has 0 bridgehead atoms. The van der Waals surface area contributed by atoms with Crippen LogP contribution in [0, 0.1) is 11.8 Å². The van der Waals surface area contributed by atoms with Crippen LogP contribution < -0.4 is 0 Å². The van der Waals surface area contributed by atoms with Gasteiger partial charge in [-0.2, -0.15) is 0 Å². The summed E-state index contributed by atoms with van der Waals surface area (Å²) in [6.45, 7) is 4.17. The Morgan fingerprint density at radius 3 is 2.40 bits per heavy atom. The van der Waals surface area contributed by atoms with Gasteiger partial charge in [-0.25, -0.2) is 9.98 Å². The van der Waals surface area contributed by atoms with E-state index in [1.165, 1.54) is 0 Å². The summed E-state index contributed by atoms with van der Waals surface area (Å²) in [6.07, 6.45) is 3.19. The Hall–Kier alpha value is -1.39. The number of nitrogens with zero attached hydrogens (tertiary/aromatic N) is 2. The molecule has 0 aromatic rings. The molecule has 0 saturated heterocycles. The second-order valence-electron chi connectivity index (χ2n) is 5.87. The van der Waals surface area contributed by atoms with Crippen LogP contribution in [0.1, 0.15) is 39.5 Å². The average molecular weight is 280 g/mol. The topological polar surface area (TPSA) is 60.2 Å². The van der Waals surface area contributed by atoms with E-state index in [4.69, 9.17) is 14.5 Å². The summed E-state index contributed by atoms with van der Waals surface area (Å²) in [5.41, 5.74) is 0. The van der Waals surface area contributed by atoms with Gasteiger partial charge >= 0.3 is 0 Å². The van der Waals surface area contributed by atoms with Crippen molar-refractivity contribution in [3.63, 3.8) is 0 Å². The molecule has 0 aromatic heterocycles. The molecule has 1 fully saturated rings. The lowest BCUT2D eigenvalue weighted by atomic mass is 9.82. The third-order valence-corrected chi connectivity index (χ3v) is 4.06. The highest BCUT2D eigenvalue weighted by Crippen LogP contribution is 2.30. The van der Waals surface area contributed by atoms with Crippen LogP contribution in [-0.2, 0) is 14.3 Å². The number of rotatable bonds is 2. The summed E-state index contributed by atoms with van der Waals surface area (Å²) in [7, 11) is 3.26. The maximum absolute atomic E-state index is 11.7. The number of ether oxygens (including phenoxy) is 2. The first-order valence-electron chi connectivity index (χ1n) is 7.31. The smallest absolute Gasteiger partial charge is 0.209 e. The van der Waals surface area contributed by atoms with Gasteiger partial charge in [-0.15, -0.1) is 0 Å². The van der Waals surface area contributed by atoms with E-state index < -0.39 is 0 Å². The van der Waals surface area contributed by atoms with Crippen LogP contribution in [0.3, 0.4) is 0 Å².